The molecule has 4 heteroatoms. The van der Waals surface area contributed by atoms with E-state index in [1.807, 2.05) is 0 Å². The average molecular weight is 162 g/mol. The molecule has 0 spiro atoms. The van der Waals surface area contributed by atoms with E-state index in [2.05, 4.69) is 0 Å². The topological polar surface area (TPSA) is 46.7 Å². The number of fused-ring (bicyclic) bond motifs is 1. The molecule has 3 nitrogen and oxygen atoms in total. The van der Waals surface area contributed by atoms with Gasteiger partial charge in [-0.05, 0) is 13.8 Å². The molecule has 2 aliphatic rings. The van der Waals surface area contributed by atoms with Gasteiger partial charge in [0.1, 0.15) is 12.2 Å². The van der Waals surface area contributed by atoms with Crippen LogP contribution in [0.5, 0.6) is 0 Å². The highest BCUT2D eigenvalue weighted by Crippen LogP contribution is 2.43. The van der Waals surface area contributed by atoms with Gasteiger partial charge in [0.15, 0.2) is 9.84 Å². The van der Waals surface area contributed by atoms with Crippen LogP contribution < -0.4 is 0 Å². The summed E-state index contributed by atoms with van der Waals surface area (Å²) < 4.78 is 27.6. The number of rotatable bonds is 0. The molecule has 2 aliphatic heterocycles. The first kappa shape index (κ1) is 6.61. The Bertz CT molecular complexity index is 236. The predicted octanol–water partition coefficient (Wildman–Crippen LogP) is -0.0408. The molecule has 2 fully saturated rings. The fourth-order valence-electron chi connectivity index (χ4n) is 1.60. The van der Waals surface area contributed by atoms with Crippen LogP contribution in [0.15, 0.2) is 0 Å². The van der Waals surface area contributed by atoms with Crippen molar-refractivity contribution in [1.29, 1.82) is 0 Å². The van der Waals surface area contributed by atoms with Gasteiger partial charge in [-0.15, -0.1) is 0 Å². The van der Waals surface area contributed by atoms with Gasteiger partial charge in [0, 0.05) is 0 Å². The second kappa shape index (κ2) is 1.56. The minimum atomic E-state index is -2.83. The molecule has 0 aliphatic carbocycles. The van der Waals surface area contributed by atoms with Crippen molar-refractivity contribution in [1.82, 2.24) is 0 Å². The monoisotopic (exact) mass is 162 g/mol. The fourth-order valence-corrected chi connectivity index (χ4v) is 3.47. The number of ether oxygens (including phenoxy) is 1. The van der Waals surface area contributed by atoms with Gasteiger partial charge in [0.2, 0.25) is 0 Å². The van der Waals surface area contributed by atoms with Crippen LogP contribution in [0.2, 0.25) is 0 Å². The third-order valence-corrected chi connectivity index (χ3v) is 5.13. The molecule has 0 saturated carbocycles. The van der Waals surface area contributed by atoms with E-state index in [1.165, 1.54) is 0 Å². The van der Waals surface area contributed by atoms with Crippen molar-refractivity contribution in [2.75, 3.05) is 0 Å². The second-order valence-electron chi connectivity index (χ2n) is 3.06. The lowest BCUT2D eigenvalue weighted by atomic mass is 10.2. The minimum Gasteiger partial charge on any atom is -0.367 e. The van der Waals surface area contributed by atoms with Gasteiger partial charge >= 0.3 is 0 Å². The highest BCUT2D eigenvalue weighted by molar-refractivity contribution is 7.93. The normalized spacial score (nSPS) is 56.2. The maximum absolute atomic E-state index is 11.3. The summed E-state index contributed by atoms with van der Waals surface area (Å²) in [7, 11) is -2.83. The third-order valence-electron chi connectivity index (χ3n) is 2.52. The molecule has 2 saturated heterocycles. The van der Waals surface area contributed by atoms with Gasteiger partial charge in [-0.2, -0.15) is 0 Å². The first-order valence-corrected chi connectivity index (χ1v) is 5.04. The lowest BCUT2D eigenvalue weighted by Gasteiger charge is -2.08. The van der Waals surface area contributed by atoms with E-state index < -0.39 is 9.84 Å². The van der Waals surface area contributed by atoms with E-state index in [9.17, 15) is 8.42 Å². The summed E-state index contributed by atoms with van der Waals surface area (Å²) in [4.78, 5) is 0. The van der Waals surface area contributed by atoms with Crippen molar-refractivity contribution in [2.24, 2.45) is 0 Å². The van der Waals surface area contributed by atoms with Crippen LogP contribution in [0.3, 0.4) is 0 Å². The first-order chi connectivity index (χ1) is 4.55. The van der Waals surface area contributed by atoms with Gasteiger partial charge in [-0.25, -0.2) is 8.42 Å². The summed E-state index contributed by atoms with van der Waals surface area (Å²) in [6, 6.07) is 0. The Balaban J connectivity index is 2.42. The molecule has 0 bridgehead atoms. The summed E-state index contributed by atoms with van der Waals surface area (Å²) in [6.07, 6.45) is 0.0278. The summed E-state index contributed by atoms with van der Waals surface area (Å²) >= 11 is 0. The van der Waals surface area contributed by atoms with E-state index >= 15 is 0 Å². The Morgan fingerprint density at radius 2 is 1.50 bits per heavy atom. The summed E-state index contributed by atoms with van der Waals surface area (Å²) in [5, 5.41) is -0.542. The van der Waals surface area contributed by atoms with Crippen LogP contribution >= 0.6 is 0 Å². The molecule has 2 heterocycles. The van der Waals surface area contributed by atoms with Gasteiger partial charge < -0.3 is 4.74 Å². The zero-order valence-electron chi connectivity index (χ0n) is 5.94. The molecule has 0 aromatic rings. The zero-order valence-corrected chi connectivity index (χ0v) is 6.76. The van der Waals surface area contributed by atoms with Gasteiger partial charge in [0.25, 0.3) is 0 Å². The van der Waals surface area contributed by atoms with E-state index in [0.717, 1.165) is 0 Å². The van der Waals surface area contributed by atoms with Gasteiger partial charge in [-0.3, -0.25) is 0 Å². The molecule has 10 heavy (non-hydrogen) atoms. The Morgan fingerprint density at radius 1 is 1.10 bits per heavy atom. The van der Waals surface area contributed by atoms with Crippen LogP contribution in [-0.4, -0.2) is 31.1 Å². The number of sulfone groups is 1. The largest absolute Gasteiger partial charge is 0.367 e. The summed E-state index contributed by atoms with van der Waals surface area (Å²) in [5.74, 6) is 0. The van der Waals surface area contributed by atoms with Gasteiger partial charge in [-0.1, -0.05) is 0 Å². The van der Waals surface area contributed by atoms with Crippen molar-refractivity contribution in [2.45, 2.75) is 36.6 Å². The predicted molar refractivity (Wildman–Crippen MR) is 36.5 cm³/mol. The molecule has 0 amide bonds. The first-order valence-electron chi connectivity index (χ1n) is 3.43. The molecule has 4 atom stereocenters. The standard InChI is InChI=1S/C6H10O3S/c1-3-5-6(9-5)4(2)10(3,7)8/h3-6H,1-2H3. The van der Waals surface area contributed by atoms with E-state index in [4.69, 9.17) is 4.74 Å². The summed E-state index contributed by atoms with van der Waals surface area (Å²) in [6.45, 7) is 3.45. The smallest absolute Gasteiger partial charge is 0.160 e. The van der Waals surface area contributed by atoms with Crippen molar-refractivity contribution < 1.29 is 13.2 Å². The van der Waals surface area contributed by atoms with E-state index in [-0.39, 0.29) is 22.7 Å². The molecule has 0 aromatic heterocycles. The van der Waals surface area contributed by atoms with Crippen LogP contribution in [0, 0.1) is 0 Å². The molecule has 2 rings (SSSR count). The average Bonchev–Trinajstić information content (AvgIpc) is 2.58. The quantitative estimate of drug-likeness (QED) is 0.469. The molecule has 0 radical (unpaired) electrons. The Hall–Kier alpha value is -0.0900. The number of hydrogen-bond donors (Lipinski definition) is 0. The van der Waals surface area contributed by atoms with Gasteiger partial charge in [0.05, 0.1) is 10.5 Å². The Kier molecular flexibility index (Phi) is 1.03. The maximum atomic E-state index is 11.3. The minimum absolute atomic E-state index is 0.0139. The lowest BCUT2D eigenvalue weighted by Crippen LogP contribution is -2.25. The highest BCUT2D eigenvalue weighted by atomic mass is 32.2. The molecular weight excluding hydrogens is 152 g/mol. The van der Waals surface area contributed by atoms with Crippen molar-refractivity contribution in [3.8, 4) is 0 Å². The summed E-state index contributed by atoms with van der Waals surface area (Å²) in [5.41, 5.74) is 0. The van der Waals surface area contributed by atoms with Crippen LogP contribution in [0.4, 0.5) is 0 Å². The zero-order chi connectivity index (χ0) is 7.52. The van der Waals surface area contributed by atoms with E-state index in [0.29, 0.717) is 0 Å². The maximum Gasteiger partial charge on any atom is 0.160 e. The van der Waals surface area contributed by atoms with Crippen LogP contribution in [0.1, 0.15) is 13.8 Å². The number of hydrogen-bond acceptors (Lipinski definition) is 3. The Morgan fingerprint density at radius 3 is 1.70 bits per heavy atom. The molecule has 4 unspecified atom stereocenters. The number of epoxide rings is 1. The van der Waals surface area contributed by atoms with Crippen LogP contribution in [0.25, 0.3) is 0 Å². The molecular formula is C6H10O3S. The SMILES string of the molecule is CC1C2OC2C(C)S1(=O)=O. The third kappa shape index (κ3) is 0.563. The van der Waals surface area contributed by atoms with Crippen molar-refractivity contribution >= 4 is 9.84 Å². The van der Waals surface area contributed by atoms with Crippen LogP contribution in [-0.2, 0) is 14.6 Å². The van der Waals surface area contributed by atoms with Crippen molar-refractivity contribution in [3.05, 3.63) is 0 Å². The highest BCUT2D eigenvalue weighted by Gasteiger charge is 2.62. The molecule has 0 N–H and O–H groups in total. The van der Waals surface area contributed by atoms with E-state index in [1.54, 1.807) is 13.8 Å². The Labute approximate surface area is 60.3 Å². The lowest BCUT2D eigenvalue weighted by molar-refractivity contribution is 0.348. The molecule has 58 valence electrons. The molecule has 0 aromatic carbocycles. The second-order valence-corrected chi connectivity index (χ2v) is 5.73. The fraction of sp³-hybridized carbons (Fsp3) is 1.00. The van der Waals surface area contributed by atoms with Crippen molar-refractivity contribution in [3.63, 3.8) is 0 Å².